The maximum absolute atomic E-state index is 5.84. The lowest BCUT2D eigenvalue weighted by Crippen LogP contribution is -1.88. The molecule has 0 aromatic heterocycles. The van der Waals surface area contributed by atoms with Crippen molar-refractivity contribution in [1.82, 2.24) is 0 Å². The SMILES string of the molecule is Clc1ccc(C(Cl)Cl)cc1C(Cl)Cl. The Hall–Kier alpha value is 0.670. The van der Waals surface area contributed by atoms with E-state index < -0.39 is 9.67 Å². The fourth-order valence-corrected chi connectivity index (χ4v) is 1.84. The van der Waals surface area contributed by atoms with Gasteiger partial charge in [0.05, 0.1) is 0 Å². The Kier molecular flexibility index (Phi) is 4.47. The highest BCUT2D eigenvalue weighted by Gasteiger charge is 2.11. The Balaban J connectivity index is 3.11. The van der Waals surface area contributed by atoms with Crippen LogP contribution in [0.2, 0.25) is 5.02 Å². The van der Waals surface area contributed by atoms with Gasteiger partial charge in [0.15, 0.2) is 0 Å². The summed E-state index contributed by atoms with van der Waals surface area (Å²) in [5.41, 5.74) is 1.35. The molecule has 0 aliphatic heterocycles. The predicted octanol–water partition coefficient (Wildman–Crippen LogP) is 5.29. The molecule has 0 amide bonds. The van der Waals surface area contributed by atoms with E-state index in [1.165, 1.54) is 0 Å². The zero-order chi connectivity index (χ0) is 10.0. The highest BCUT2D eigenvalue weighted by molar-refractivity contribution is 6.46. The molecule has 0 nitrogen and oxygen atoms in total. The largest absolute Gasteiger partial charge is 0.134 e. The standard InChI is InChI=1S/C8H5Cl5/c9-6-2-1-4(7(10)11)3-5(6)8(12)13/h1-3,7-8H. The molecule has 0 fully saturated rings. The molecule has 1 aromatic rings. The Morgan fingerprint density at radius 2 is 1.54 bits per heavy atom. The number of hydrogen-bond donors (Lipinski definition) is 0. The second-order valence-electron chi connectivity index (χ2n) is 2.38. The number of halogens is 5. The molecule has 1 aromatic carbocycles. The summed E-state index contributed by atoms with van der Waals surface area (Å²) in [6.45, 7) is 0. The maximum atomic E-state index is 5.84. The van der Waals surface area contributed by atoms with Crippen LogP contribution in [0.3, 0.4) is 0 Å². The molecule has 0 aliphatic carbocycles. The van der Waals surface area contributed by atoms with Gasteiger partial charge in [-0.25, -0.2) is 0 Å². The van der Waals surface area contributed by atoms with E-state index >= 15 is 0 Å². The molecule has 0 saturated carbocycles. The minimum Gasteiger partial charge on any atom is -0.100 e. The summed E-state index contributed by atoms with van der Waals surface area (Å²) in [7, 11) is 0. The molecule has 0 spiro atoms. The van der Waals surface area contributed by atoms with Gasteiger partial charge in [-0.15, -0.1) is 46.4 Å². The van der Waals surface area contributed by atoms with Gasteiger partial charge in [0.1, 0.15) is 9.67 Å². The lowest BCUT2D eigenvalue weighted by Gasteiger charge is -2.08. The molecular formula is C8H5Cl5. The van der Waals surface area contributed by atoms with E-state index in [9.17, 15) is 0 Å². The van der Waals surface area contributed by atoms with Crippen molar-refractivity contribution in [2.24, 2.45) is 0 Å². The summed E-state index contributed by atoms with van der Waals surface area (Å²) in [4.78, 5) is -1.26. The van der Waals surface area contributed by atoms with Crippen molar-refractivity contribution in [3.63, 3.8) is 0 Å². The summed E-state index contributed by atoms with van der Waals surface area (Å²) in [6, 6.07) is 5.09. The van der Waals surface area contributed by atoms with Crippen LogP contribution in [-0.2, 0) is 0 Å². The summed E-state index contributed by atoms with van der Waals surface area (Å²) in [6.07, 6.45) is 0. The van der Waals surface area contributed by atoms with Crippen LogP contribution in [0.5, 0.6) is 0 Å². The van der Waals surface area contributed by atoms with Gasteiger partial charge in [-0.05, 0) is 17.7 Å². The zero-order valence-electron chi connectivity index (χ0n) is 6.28. The molecule has 13 heavy (non-hydrogen) atoms. The third-order valence-corrected chi connectivity index (χ3v) is 2.83. The monoisotopic (exact) mass is 276 g/mol. The molecule has 0 radical (unpaired) electrons. The third-order valence-electron chi connectivity index (χ3n) is 1.51. The molecule has 0 heterocycles. The van der Waals surface area contributed by atoms with E-state index in [0.717, 1.165) is 5.56 Å². The molecule has 0 aliphatic rings. The van der Waals surface area contributed by atoms with Gasteiger partial charge in [-0.3, -0.25) is 0 Å². The average Bonchev–Trinajstić information content (AvgIpc) is 2.04. The highest BCUT2D eigenvalue weighted by atomic mass is 35.5. The molecule has 5 heteroatoms. The minimum atomic E-state index is -0.667. The van der Waals surface area contributed by atoms with Crippen LogP contribution in [-0.4, -0.2) is 0 Å². The Morgan fingerprint density at radius 3 is 2.00 bits per heavy atom. The van der Waals surface area contributed by atoms with Crippen LogP contribution in [0.25, 0.3) is 0 Å². The molecule has 0 N–H and O–H groups in total. The van der Waals surface area contributed by atoms with Gasteiger partial charge in [0.25, 0.3) is 0 Å². The molecule has 72 valence electrons. The van der Waals surface area contributed by atoms with Crippen LogP contribution in [0.1, 0.15) is 20.8 Å². The summed E-state index contributed by atoms with van der Waals surface area (Å²) < 4.78 is 0. The van der Waals surface area contributed by atoms with Gasteiger partial charge in [0, 0.05) is 10.6 Å². The van der Waals surface area contributed by atoms with Gasteiger partial charge < -0.3 is 0 Å². The van der Waals surface area contributed by atoms with E-state index in [-0.39, 0.29) is 0 Å². The smallest absolute Gasteiger partial charge is 0.100 e. The average molecular weight is 278 g/mol. The summed E-state index contributed by atoms with van der Waals surface area (Å²) in [5.74, 6) is 0. The van der Waals surface area contributed by atoms with Gasteiger partial charge in [0.2, 0.25) is 0 Å². The van der Waals surface area contributed by atoms with E-state index in [0.29, 0.717) is 10.6 Å². The predicted molar refractivity (Wildman–Crippen MR) is 60.3 cm³/mol. The normalized spacial score (nSPS) is 11.3. The van der Waals surface area contributed by atoms with E-state index in [1.54, 1.807) is 18.2 Å². The van der Waals surface area contributed by atoms with E-state index in [1.807, 2.05) is 0 Å². The van der Waals surface area contributed by atoms with Crippen LogP contribution in [0.15, 0.2) is 18.2 Å². The summed E-state index contributed by atoms with van der Waals surface area (Å²) >= 11 is 28.5. The molecular weight excluding hydrogens is 273 g/mol. The number of benzene rings is 1. The second-order valence-corrected chi connectivity index (χ2v) is 4.98. The van der Waals surface area contributed by atoms with Crippen LogP contribution < -0.4 is 0 Å². The first-order valence-corrected chi connectivity index (χ1v) is 5.50. The first kappa shape index (κ1) is 11.7. The lowest BCUT2D eigenvalue weighted by atomic mass is 10.1. The van der Waals surface area contributed by atoms with Crippen molar-refractivity contribution in [2.45, 2.75) is 9.67 Å². The van der Waals surface area contributed by atoms with Gasteiger partial charge in [-0.1, -0.05) is 17.7 Å². The highest BCUT2D eigenvalue weighted by Crippen LogP contribution is 2.35. The van der Waals surface area contributed by atoms with Crippen LogP contribution >= 0.6 is 58.0 Å². The number of rotatable bonds is 2. The fourth-order valence-electron chi connectivity index (χ4n) is 0.865. The Labute approximate surface area is 102 Å². The van der Waals surface area contributed by atoms with E-state index in [2.05, 4.69) is 0 Å². The fraction of sp³-hybridized carbons (Fsp3) is 0.250. The first-order valence-electron chi connectivity index (χ1n) is 3.38. The first-order chi connectivity index (χ1) is 6.02. The molecule has 0 bridgehead atoms. The Bertz CT molecular complexity index is 295. The van der Waals surface area contributed by atoms with Gasteiger partial charge >= 0.3 is 0 Å². The van der Waals surface area contributed by atoms with Crippen molar-refractivity contribution in [2.75, 3.05) is 0 Å². The molecule has 0 unspecified atom stereocenters. The lowest BCUT2D eigenvalue weighted by molar-refractivity contribution is 1.27. The Morgan fingerprint density at radius 1 is 0.923 bits per heavy atom. The van der Waals surface area contributed by atoms with Crippen molar-refractivity contribution < 1.29 is 0 Å². The van der Waals surface area contributed by atoms with Crippen molar-refractivity contribution in [3.05, 3.63) is 34.3 Å². The topological polar surface area (TPSA) is 0 Å². The third kappa shape index (κ3) is 3.07. The van der Waals surface area contributed by atoms with Crippen molar-refractivity contribution in [1.29, 1.82) is 0 Å². The van der Waals surface area contributed by atoms with Gasteiger partial charge in [-0.2, -0.15) is 0 Å². The molecule has 0 saturated heterocycles. The quantitative estimate of drug-likeness (QED) is 0.645. The zero-order valence-corrected chi connectivity index (χ0v) is 10.1. The molecule has 0 atom stereocenters. The number of hydrogen-bond acceptors (Lipinski definition) is 0. The number of alkyl halides is 4. The summed E-state index contributed by atoms with van der Waals surface area (Å²) in [5, 5.41) is 0.507. The van der Waals surface area contributed by atoms with E-state index in [4.69, 9.17) is 58.0 Å². The molecule has 1 rings (SSSR count). The second kappa shape index (κ2) is 4.95. The van der Waals surface area contributed by atoms with Crippen LogP contribution in [0, 0.1) is 0 Å². The minimum absolute atomic E-state index is 0.507. The van der Waals surface area contributed by atoms with Crippen LogP contribution in [0.4, 0.5) is 0 Å². The van der Waals surface area contributed by atoms with Crippen molar-refractivity contribution in [3.8, 4) is 0 Å². The maximum Gasteiger partial charge on any atom is 0.134 e. The van der Waals surface area contributed by atoms with Crippen molar-refractivity contribution >= 4 is 58.0 Å².